The van der Waals surface area contributed by atoms with Crippen LogP contribution in [0.4, 0.5) is 0 Å². The zero-order valence-corrected chi connectivity index (χ0v) is 72.4. The lowest BCUT2D eigenvalue weighted by Gasteiger charge is -2.21. The van der Waals surface area contributed by atoms with Crippen LogP contribution in [-0.4, -0.2) is 96.7 Å². The molecule has 0 fully saturated rings. The minimum atomic E-state index is -4.97. The largest absolute Gasteiger partial charge is 0.472 e. The molecule has 0 bridgehead atoms. The Morgan fingerprint density at radius 2 is 0.477 bits per heavy atom. The van der Waals surface area contributed by atoms with Gasteiger partial charge in [-0.15, -0.1) is 0 Å². The van der Waals surface area contributed by atoms with Crippen molar-refractivity contribution in [1.29, 1.82) is 0 Å². The molecule has 636 valence electrons. The highest BCUT2D eigenvalue weighted by atomic mass is 31.2. The maximum Gasteiger partial charge on any atom is 0.472 e. The van der Waals surface area contributed by atoms with E-state index in [9.17, 15) is 43.2 Å². The highest BCUT2D eigenvalue weighted by Gasteiger charge is 2.31. The number of hydrogen-bond donors (Lipinski definition) is 3. The summed E-state index contributed by atoms with van der Waals surface area (Å²) in [5.41, 5.74) is 0. The van der Waals surface area contributed by atoms with E-state index in [-0.39, 0.29) is 25.7 Å². The molecule has 0 aromatic heterocycles. The molecule has 17 nitrogen and oxygen atoms in total. The van der Waals surface area contributed by atoms with Crippen LogP contribution < -0.4 is 0 Å². The summed E-state index contributed by atoms with van der Waals surface area (Å²) in [6.07, 6.45) is 69.5. The molecule has 0 aromatic rings. The molecule has 0 spiro atoms. The summed E-state index contributed by atoms with van der Waals surface area (Å²) in [5.74, 6) is 0.346. The number of unbranched alkanes of at least 4 members (excludes halogenated alkanes) is 52. The first kappa shape index (κ1) is 105. The number of ether oxygens (including phenoxy) is 4. The average Bonchev–Trinajstić information content (AvgIpc) is 0.901. The van der Waals surface area contributed by atoms with Gasteiger partial charge in [0.25, 0.3) is 0 Å². The Kier molecular flexibility index (Phi) is 76.6. The Morgan fingerprint density at radius 1 is 0.271 bits per heavy atom. The van der Waals surface area contributed by atoms with Gasteiger partial charge in [-0.1, -0.05) is 414 Å². The molecule has 107 heavy (non-hydrogen) atoms. The minimum absolute atomic E-state index is 0.107. The lowest BCUT2D eigenvalue weighted by molar-refractivity contribution is -0.161. The predicted octanol–water partition coefficient (Wildman–Crippen LogP) is 26.9. The number of phosphoric acid groups is 2. The monoisotopic (exact) mass is 1560 g/mol. The molecule has 0 amide bonds. The van der Waals surface area contributed by atoms with Crippen LogP contribution in [0.1, 0.15) is 466 Å². The normalized spacial score (nSPS) is 14.3. The number of carbonyl (C=O) groups excluding carboxylic acids is 4. The van der Waals surface area contributed by atoms with Gasteiger partial charge >= 0.3 is 39.5 Å². The zero-order chi connectivity index (χ0) is 78.6. The summed E-state index contributed by atoms with van der Waals surface area (Å²) in [5, 5.41) is 10.7. The Morgan fingerprint density at radius 3 is 0.710 bits per heavy atom. The van der Waals surface area contributed by atoms with Crippen LogP contribution >= 0.6 is 15.6 Å². The van der Waals surface area contributed by atoms with E-state index in [1.165, 1.54) is 270 Å². The summed E-state index contributed by atoms with van der Waals surface area (Å²) in [6.45, 7) is 12.1. The SMILES string of the molecule is CCCCCCCCCCCCCCCC(=O)O[C@H](COC(=O)CCCCCCCCCC(C)C)COP(=O)(O)OC[C@H](O)COP(=O)(O)OC[C@@H](COC(=O)CCCCCCCCCCCCCCCCCCCCC(C)CC)OC(=O)CCCCCCCCCCCCCCCCCCCCC(C)CC. The highest BCUT2D eigenvalue weighted by molar-refractivity contribution is 7.47. The molecule has 0 aliphatic rings. The lowest BCUT2D eigenvalue weighted by atomic mass is 9.99. The third-order valence-electron chi connectivity index (χ3n) is 21.4. The Labute approximate surface area is 658 Å². The van der Waals surface area contributed by atoms with Crippen LogP contribution in [0.15, 0.2) is 0 Å². The van der Waals surface area contributed by atoms with Crippen LogP contribution in [0.3, 0.4) is 0 Å². The van der Waals surface area contributed by atoms with Crippen molar-refractivity contribution < 1.29 is 80.2 Å². The van der Waals surface area contributed by atoms with Gasteiger partial charge in [0.15, 0.2) is 12.2 Å². The fourth-order valence-corrected chi connectivity index (χ4v) is 15.2. The van der Waals surface area contributed by atoms with Gasteiger partial charge in [0.2, 0.25) is 0 Å². The summed E-state index contributed by atoms with van der Waals surface area (Å²) in [4.78, 5) is 73.2. The van der Waals surface area contributed by atoms with E-state index in [1.54, 1.807) is 0 Å². The second-order valence-electron chi connectivity index (χ2n) is 32.6. The van der Waals surface area contributed by atoms with Crippen molar-refractivity contribution in [2.75, 3.05) is 39.6 Å². The molecular weight excluding hydrogens is 1390 g/mol. The van der Waals surface area contributed by atoms with Crippen molar-refractivity contribution >= 4 is 39.5 Å². The molecule has 0 saturated heterocycles. The van der Waals surface area contributed by atoms with Crippen LogP contribution in [0.2, 0.25) is 0 Å². The van der Waals surface area contributed by atoms with Crippen molar-refractivity contribution in [3.63, 3.8) is 0 Å². The average molecular weight is 1560 g/mol. The van der Waals surface area contributed by atoms with Crippen molar-refractivity contribution in [2.24, 2.45) is 17.8 Å². The highest BCUT2D eigenvalue weighted by Crippen LogP contribution is 2.45. The van der Waals surface area contributed by atoms with E-state index in [4.69, 9.17) is 37.0 Å². The Hall–Kier alpha value is -1.94. The topological polar surface area (TPSA) is 237 Å². The first-order valence-electron chi connectivity index (χ1n) is 45.4. The molecule has 7 atom stereocenters. The number of esters is 4. The van der Waals surface area contributed by atoms with Crippen molar-refractivity contribution in [3.05, 3.63) is 0 Å². The lowest BCUT2D eigenvalue weighted by Crippen LogP contribution is -2.30. The molecule has 19 heteroatoms. The number of aliphatic hydroxyl groups is 1. The van der Waals surface area contributed by atoms with E-state index in [1.807, 2.05) is 0 Å². The molecule has 3 N–H and O–H groups in total. The third-order valence-corrected chi connectivity index (χ3v) is 23.3. The summed E-state index contributed by atoms with van der Waals surface area (Å²) in [7, 11) is -9.93. The van der Waals surface area contributed by atoms with Crippen molar-refractivity contribution in [1.82, 2.24) is 0 Å². The quantitative estimate of drug-likeness (QED) is 0.0222. The fourth-order valence-electron chi connectivity index (χ4n) is 13.7. The first-order valence-corrected chi connectivity index (χ1v) is 48.4. The number of hydrogen-bond acceptors (Lipinski definition) is 15. The van der Waals surface area contributed by atoms with Gasteiger partial charge in [0, 0.05) is 25.7 Å². The van der Waals surface area contributed by atoms with E-state index in [2.05, 4.69) is 48.5 Å². The predicted molar refractivity (Wildman–Crippen MR) is 441 cm³/mol. The van der Waals surface area contributed by atoms with Crippen molar-refractivity contribution in [3.8, 4) is 0 Å². The third kappa shape index (κ3) is 79.1. The smallest absolute Gasteiger partial charge is 0.462 e. The van der Waals surface area contributed by atoms with Gasteiger partial charge < -0.3 is 33.8 Å². The van der Waals surface area contributed by atoms with Crippen LogP contribution in [-0.2, 0) is 65.4 Å². The second-order valence-corrected chi connectivity index (χ2v) is 35.5. The zero-order valence-electron chi connectivity index (χ0n) is 70.6. The number of aliphatic hydroxyl groups excluding tert-OH is 1. The minimum Gasteiger partial charge on any atom is -0.462 e. The molecule has 0 aliphatic carbocycles. The van der Waals surface area contributed by atoms with E-state index < -0.39 is 97.5 Å². The van der Waals surface area contributed by atoms with Gasteiger partial charge in [0.1, 0.15) is 19.3 Å². The van der Waals surface area contributed by atoms with E-state index >= 15 is 0 Å². The summed E-state index contributed by atoms with van der Waals surface area (Å²) >= 11 is 0. The van der Waals surface area contributed by atoms with Gasteiger partial charge in [-0.05, 0) is 43.4 Å². The molecule has 0 saturated carbocycles. The number of phosphoric ester groups is 2. The van der Waals surface area contributed by atoms with Crippen LogP contribution in [0, 0.1) is 17.8 Å². The van der Waals surface area contributed by atoms with Crippen molar-refractivity contribution in [2.45, 2.75) is 484 Å². The molecule has 0 rings (SSSR count). The number of rotatable bonds is 86. The molecule has 0 aliphatic heterocycles. The maximum absolute atomic E-state index is 13.2. The molecule has 0 heterocycles. The molecule has 0 radical (unpaired) electrons. The van der Waals surface area contributed by atoms with Crippen LogP contribution in [0.25, 0.3) is 0 Å². The molecule has 0 aromatic carbocycles. The van der Waals surface area contributed by atoms with E-state index in [0.717, 1.165) is 108 Å². The van der Waals surface area contributed by atoms with Gasteiger partial charge in [-0.2, -0.15) is 0 Å². The van der Waals surface area contributed by atoms with Gasteiger partial charge in [-0.3, -0.25) is 37.3 Å². The number of carbonyl (C=O) groups is 4. The van der Waals surface area contributed by atoms with Crippen LogP contribution in [0.5, 0.6) is 0 Å². The fraction of sp³-hybridized carbons (Fsp3) is 0.955. The molecule has 4 unspecified atom stereocenters. The maximum atomic E-state index is 13.2. The Balaban J connectivity index is 5.20. The molecular formula is C88H172O17P2. The second kappa shape index (κ2) is 78.0. The first-order chi connectivity index (χ1) is 51.8. The Bertz CT molecular complexity index is 2060. The standard InChI is InChI=1S/C88H172O17P2/c1-8-11-12-13-14-15-16-29-37-42-49-57-64-71-87(92)105-84(76-99-86(91)70-63-56-51-44-45-52-59-66-79(4)5)78-103-107(96,97)101-74-82(89)73-100-106(94,95)102-77-83(104-88(93)72-65-58-50-43-38-33-28-24-20-18-22-26-31-35-40-47-54-61-68-81(7)10-3)75-98-85(90)69-62-55-48-41-36-32-27-23-19-17-21-25-30-34-39-46-53-60-67-80(6)9-2/h79-84,89H,8-78H2,1-7H3,(H,94,95)(H,96,97)/t80?,81?,82-,83-,84-/m1/s1. The van der Waals surface area contributed by atoms with Gasteiger partial charge in [0.05, 0.1) is 26.4 Å². The van der Waals surface area contributed by atoms with Gasteiger partial charge in [-0.25, -0.2) is 9.13 Å². The summed E-state index contributed by atoms with van der Waals surface area (Å²) in [6, 6.07) is 0. The summed E-state index contributed by atoms with van der Waals surface area (Å²) < 4.78 is 68.9. The van der Waals surface area contributed by atoms with E-state index in [0.29, 0.717) is 31.6 Å².